The molecule has 4 rings (SSSR count). The van der Waals surface area contributed by atoms with E-state index in [1.807, 2.05) is 45.0 Å². The second kappa shape index (κ2) is 8.42. The fraction of sp³-hybridized carbons (Fsp3) is 0.222. The maximum absolute atomic E-state index is 12.3. The third kappa shape index (κ3) is 4.33. The Labute approximate surface area is 188 Å². The average Bonchev–Trinajstić information content (AvgIpc) is 3.21. The molecule has 2 aromatic heterocycles. The van der Waals surface area contributed by atoms with Crippen LogP contribution in [0, 0.1) is 0 Å². The van der Waals surface area contributed by atoms with Crippen LogP contribution in [0.2, 0.25) is 0 Å². The number of aromatic nitrogens is 3. The number of nitrogens with zero attached hydrogens (tertiary/aromatic N) is 2. The average molecular weight is 426 g/mol. The number of aryl methyl sites for hydroxylation is 1. The number of hydrogen-bond acceptors (Lipinski definition) is 4. The Balaban J connectivity index is 1.70. The summed E-state index contributed by atoms with van der Waals surface area (Å²) >= 11 is 0. The number of H-pyrrole nitrogens is 1. The van der Waals surface area contributed by atoms with Crippen LogP contribution in [0.15, 0.2) is 61.2 Å². The molecule has 0 radical (unpaired) electrons. The van der Waals surface area contributed by atoms with Crippen LogP contribution in [0.1, 0.15) is 49.2 Å². The largest absolute Gasteiger partial charge is 0.456 e. The fourth-order valence-corrected chi connectivity index (χ4v) is 3.59. The van der Waals surface area contributed by atoms with Gasteiger partial charge in [0.1, 0.15) is 5.60 Å². The topological polar surface area (TPSA) is 67.9 Å². The molecular weight excluding hydrogens is 398 g/mol. The Kier molecular flexibility index (Phi) is 5.66. The van der Waals surface area contributed by atoms with Crippen LogP contribution in [-0.4, -0.2) is 26.8 Å². The van der Waals surface area contributed by atoms with Crippen molar-refractivity contribution in [2.75, 3.05) is 0 Å². The third-order valence-corrected chi connectivity index (χ3v) is 5.24. The smallest absolute Gasteiger partial charge is 0.338 e. The van der Waals surface area contributed by atoms with Crippen molar-refractivity contribution in [2.24, 2.45) is 0 Å². The molecule has 2 heterocycles. The number of benzene rings is 2. The molecule has 0 saturated heterocycles. The molecule has 0 fully saturated rings. The summed E-state index contributed by atoms with van der Waals surface area (Å²) in [6, 6.07) is 17.7. The van der Waals surface area contributed by atoms with Gasteiger partial charge in [-0.05, 0) is 56.5 Å². The van der Waals surface area contributed by atoms with Gasteiger partial charge in [-0.1, -0.05) is 56.0 Å². The Morgan fingerprint density at radius 2 is 1.72 bits per heavy atom. The first kappa shape index (κ1) is 21.5. The first-order valence-electron chi connectivity index (χ1n) is 10.7. The van der Waals surface area contributed by atoms with Gasteiger partial charge >= 0.3 is 5.97 Å². The predicted octanol–water partition coefficient (Wildman–Crippen LogP) is 6.45. The number of carbonyl (C=O) groups is 1. The zero-order valence-corrected chi connectivity index (χ0v) is 18.9. The van der Waals surface area contributed by atoms with Gasteiger partial charge in [-0.25, -0.2) is 9.78 Å². The molecule has 5 heteroatoms. The van der Waals surface area contributed by atoms with E-state index in [0.717, 1.165) is 39.9 Å². The minimum absolute atomic E-state index is 0.342. The Hall–Kier alpha value is -3.73. The van der Waals surface area contributed by atoms with Crippen molar-refractivity contribution < 1.29 is 9.53 Å². The second-order valence-corrected chi connectivity index (χ2v) is 8.73. The van der Waals surface area contributed by atoms with Gasteiger partial charge in [0.05, 0.1) is 22.3 Å². The van der Waals surface area contributed by atoms with Crippen molar-refractivity contribution in [3.05, 3.63) is 77.9 Å². The van der Waals surface area contributed by atoms with Gasteiger partial charge in [-0.3, -0.25) is 5.10 Å². The molecule has 162 valence electrons. The van der Waals surface area contributed by atoms with Crippen molar-refractivity contribution >= 4 is 23.1 Å². The molecule has 0 aliphatic carbocycles. The number of pyridine rings is 1. The van der Waals surface area contributed by atoms with Gasteiger partial charge in [0.15, 0.2) is 5.65 Å². The molecule has 0 spiro atoms. The van der Waals surface area contributed by atoms with Gasteiger partial charge in [-0.2, -0.15) is 5.10 Å². The number of rotatable bonds is 5. The Bertz CT molecular complexity index is 1280. The lowest BCUT2D eigenvalue weighted by Crippen LogP contribution is -2.23. The predicted molar refractivity (Wildman–Crippen MR) is 129 cm³/mol. The maximum atomic E-state index is 12.3. The number of hydrogen-bond donors (Lipinski definition) is 1. The number of ether oxygens (including phenoxy) is 1. The highest BCUT2D eigenvalue weighted by Gasteiger charge is 2.18. The first-order chi connectivity index (χ1) is 15.3. The lowest BCUT2D eigenvalue weighted by molar-refractivity contribution is 0.00695. The quantitative estimate of drug-likeness (QED) is 0.373. The first-order valence-corrected chi connectivity index (χ1v) is 10.7. The third-order valence-electron chi connectivity index (χ3n) is 5.24. The van der Waals surface area contributed by atoms with Gasteiger partial charge in [-0.15, -0.1) is 0 Å². The van der Waals surface area contributed by atoms with Crippen LogP contribution in [0.25, 0.3) is 39.6 Å². The molecule has 2 aromatic carbocycles. The minimum Gasteiger partial charge on any atom is -0.456 e. The van der Waals surface area contributed by atoms with Crippen LogP contribution in [-0.2, 0) is 11.2 Å². The van der Waals surface area contributed by atoms with E-state index in [1.54, 1.807) is 12.1 Å². The summed E-state index contributed by atoms with van der Waals surface area (Å²) in [5, 5.41) is 8.55. The SMILES string of the molecule is C=Cc1cc(-c2ccc(C(=O)OC(C)(C)C)cc2)nc2n[nH]c(-c3ccc(CC)cc3)c12. The van der Waals surface area contributed by atoms with E-state index < -0.39 is 5.60 Å². The number of aromatic amines is 1. The summed E-state index contributed by atoms with van der Waals surface area (Å²) in [5.74, 6) is -0.342. The summed E-state index contributed by atoms with van der Waals surface area (Å²) in [6.45, 7) is 11.7. The van der Waals surface area contributed by atoms with Crippen LogP contribution < -0.4 is 0 Å². The molecule has 0 saturated carbocycles. The molecule has 4 aromatic rings. The Morgan fingerprint density at radius 1 is 1.06 bits per heavy atom. The van der Waals surface area contributed by atoms with Crippen LogP contribution in [0.4, 0.5) is 0 Å². The van der Waals surface area contributed by atoms with Crippen molar-refractivity contribution in [2.45, 2.75) is 39.7 Å². The Morgan fingerprint density at radius 3 is 2.31 bits per heavy atom. The van der Waals surface area contributed by atoms with E-state index in [4.69, 9.17) is 9.72 Å². The van der Waals surface area contributed by atoms with Gasteiger partial charge < -0.3 is 4.74 Å². The molecule has 32 heavy (non-hydrogen) atoms. The molecule has 0 bridgehead atoms. The molecule has 5 nitrogen and oxygen atoms in total. The molecular formula is C27H27N3O2. The van der Waals surface area contributed by atoms with E-state index in [-0.39, 0.29) is 5.97 Å². The number of esters is 1. The van der Waals surface area contributed by atoms with E-state index in [1.165, 1.54) is 5.56 Å². The molecule has 0 aliphatic rings. The lowest BCUT2D eigenvalue weighted by atomic mass is 10.0. The summed E-state index contributed by atoms with van der Waals surface area (Å²) in [4.78, 5) is 17.1. The molecule has 0 unspecified atom stereocenters. The second-order valence-electron chi connectivity index (χ2n) is 8.73. The summed E-state index contributed by atoms with van der Waals surface area (Å²) in [6.07, 6.45) is 2.82. The fourth-order valence-electron chi connectivity index (χ4n) is 3.59. The van der Waals surface area contributed by atoms with Crippen LogP contribution in [0.5, 0.6) is 0 Å². The van der Waals surface area contributed by atoms with Crippen LogP contribution >= 0.6 is 0 Å². The normalized spacial score (nSPS) is 11.5. The van der Waals surface area contributed by atoms with E-state index in [0.29, 0.717) is 11.2 Å². The van der Waals surface area contributed by atoms with E-state index >= 15 is 0 Å². The van der Waals surface area contributed by atoms with Crippen molar-refractivity contribution in [3.63, 3.8) is 0 Å². The summed E-state index contributed by atoms with van der Waals surface area (Å²) in [5.41, 5.74) is 6.48. The monoisotopic (exact) mass is 425 g/mol. The van der Waals surface area contributed by atoms with Gasteiger partial charge in [0.25, 0.3) is 0 Å². The highest BCUT2D eigenvalue weighted by Crippen LogP contribution is 2.32. The van der Waals surface area contributed by atoms with Crippen molar-refractivity contribution in [1.29, 1.82) is 0 Å². The summed E-state index contributed by atoms with van der Waals surface area (Å²) < 4.78 is 5.44. The zero-order chi connectivity index (χ0) is 22.9. The van der Waals surface area contributed by atoms with E-state index in [2.05, 4.69) is 48.0 Å². The number of fused-ring (bicyclic) bond motifs is 1. The van der Waals surface area contributed by atoms with Crippen LogP contribution in [0.3, 0.4) is 0 Å². The minimum atomic E-state index is -0.532. The zero-order valence-electron chi connectivity index (χ0n) is 18.9. The van der Waals surface area contributed by atoms with E-state index in [9.17, 15) is 4.79 Å². The molecule has 1 N–H and O–H groups in total. The highest BCUT2D eigenvalue weighted by atomic mass is 16.6. The van der Waals surface area contributed by atoms with Gasteiger partial charge in [0, 0.05) is 11.1 Å². The highest BCUT2D eigenvalue weighted by molar-refractivity contribution is 5.98. The molecule has 0 amide bonds. The number of nitrogens with one attached hydrogen (secondary N) is 1. The van der Waals surface area contributed by atoms with Gasteiger partial charge in [0.2, 0.25) is 0 Å². The lowest BCUT2D eigenvalue weighted by Gasteiger charge is -2.19. The molecule has 0 aliphatic heterocycles. The maximum Gasteiger partial charge on any atom is 0.338 e. The summed E-state index contributed by atoms with van der Waals surface area (Å²) in [7, 11) is 0. The standard InChI is InChI=1S/C27H27N3O2/c1-6-17-8-10-20(11-9-17)24-23-18(7-2)16-22(28-25(23)30-29-24)19-12-14-21(15-13-19)26(31)32-27(3,4)5/h7-16H,2,6H2,1,3-5H3,(H,28,29,30). The number of carbonyl (C=O) groups excluding carboxylic acids is 1. The van der Waals surface area contributed by atoms with Crippen molar-refractivity contribution in [3.8, 4) is 22.5 Å². The molecule has 0 atom stereocenters. The van der Waals surface area contributed by atoms with Crippen molar-refractivity contribution in [1.82, 2.24) is 15.2 Å².